The van der Waals surface area contributed by atoms with E-state index in [0.717, 1.165) is 30.5 Å². The molecule has 4 rings (SSSR count). The summed E-state index contributed by atoms with van der Waals surface area (Å²) in [5.41, 5.74) is 1.69. The van der Waals surface area contributed by atoms with Crippen LogP contribution in [-0.2, 0) is 11.2 Å². The van der Waals surface area contributed by atoms with Gasteiger partial charge in [-0.05, 0) is 56.6 Å². The quantitative estimate of drug-likeness (QED) is 0.501. The van der Waals surface area contributed by atoms with E-state index in [4.69, 9.17) is 4.74 Å². The predicted octanol–water partition coefficient (Wildman–Crippen LogP) is 2.91. The molecule has 10 heteroatoms. The minimum absolute atomic E-state index is 0.0296. The largest absolute Gasteiger partial charge is 0.481 e. The number of amides is 2. The lowest BCUT2D eigenvalue weighted by Gasteiger charge is -2.37. The Hall–Kier alpha value is -3.14. The SMILES string of the molecule is COc1cc(CC(=O)Nc2cc([C@@H]3CC[C@H](N(C(=O)O)[C@H]4CC[C@@H](O)CC4)C3)[nH]n2)ccn1. The molecule has 2 aliphatic rings. The van der Waals surface area contributed by atoms with Gasteiger partial charge in [0.1, 0.15) is 0 Å². The van der Waals surface area contributed by atoms with Crippen molar-refractivity contribution in [1.29, 1.82) is 0 Å². The van der Waals surface area contributed by atoms with E-state index in [9.17, 15) is 19.8 Å². The number of carbonyl (C=O) groups excluding carboxylic acids is 1. The van der Waals surface area contributed by atoms with E-state index in [0.29, 0.717) is 37.4 Å². The summed E-state index contributed by atoms with van der Waals surface area (Å²) in [6, 6.07) is 5.24. The number of anilines is 1. The van der Waals surface area contributed by atoms with E-state index in [1.54, 1.807) is 23.2 Å². The maximum Gasteiger partial charge on any atom is 0.407 e. The van der Waals surface area contributed by atoms with Crippen LogP contribution in [-0.4, -0.2) is 67.6 Å². The molecular formula is C23H31N5O5. The Morgan fingerprint density at radius 1 is 1.18 bits per heavy atom. The fraction of sp³-hybridized carbons (Fsp3) is 0.565. The van der Waals surface area contributed by atoms with Gasteiger partial charge in [-0.15, -0.1) is 0 Å². The van der Waals surface area contributed by atoms with Crippen LogP contribution < -0.4 is 10.1 Å². The first-order valence-electron chi connectivity index (χ1n) is 11.5. The number of hydrogen-bond acceptors (Lipinski definition) is 6. The van der Waals surface area contributed by atoms with Crippen LogP contribution in [0.4, 0.5) is 10.6 Å². The summed E-state index contributed by atoms with van der Waals surface area (Å²) in [4.78, 5) is 30.1. The molecule has 2 aliphatic carbocycles. The fourth-order valence-electron chi connectivity index (χ4n) is 5.09. The van der Waals surface area contributed by atoms with Gasteiger partial charge in [0.05, 0.1) is 19.6 Å². The minimum atomic E-state index is -0.882. The van der Waals surface area contributed by atoms with Crippen molar-refractivity contribution >= 4 is 17.8 Å². The van der Waals surface area contributed by atoms with Crippen molar-refractivity contribution in [2.75, 3.05) is 12.4 Å². The second kappa shape index (κ2) is 10.2. The van der Waals surface area contributed by atoms with Crippen molar-refractivity contribution in [3.05, 3.63) is 35.7 Å². The summed E-state index contributed by atoms with van der Waals surface area (Å²) in [5, 5.41) is 29.7. The van der Waals surface area contributed by atoms with Crippen LogP contribution in [0.3, 0.4) is 0 Å². The van der Waals surface area contributed by atoms with Gasteiger partial charge in [0.25, 0.3) is 0 Å². The first kappa shape index (κ1) is 23.0. The number of nitrogens with one attached hydrogen (secondary N) is 2. The maximum atomic E-state index is 12.4. The average molecular weight is 458 g/mol. The van der Waals surface area contributed by atoms with Gasteiger partial charge in [0.2, 0.25) is 11.8 Å². The van der Waals surface area contributed by atoms with E-state index in [1.807, 2.05) is 6.07 Å². The lowest BCUT2D eigenvalue weighted by molar-refractivity contribution is -0.115. The molecule has 178 valence electrons. The van der Waals surface area contributed by atoms with Crippen LogP contribution in [0.25, 0.3) is 0 Å². The summed E-state index contributed by atoms with van der Waals surface area (Å²) in [5.74, 6) is 0.879. The third kappa shape index (κ3) is 5.62. The number of aromatic amines is 1. The molecule has 2 amide bonds. The highest BCUT2D eigenvalue weighted by atomic mass is 16.5. The second-order valence-electron chi connectivity index (χ2n) is 8.96. The zero-order chi connectivity index (χ0) is 23.4. The van der Waals surface area contributed by atoms with Crippen LogP contribution in [0, 0.1) is 0 Å². The van der Waals surface area contributed by atoms with Crippen LogP contribution in [0.2, 0.25) is 0 Å². The van der Waals surface area contributed by atoms with Crippen molar-refractivity contribution in [1.82, 2.24) is 20.1 Å². The highest BCUT2D eigenvalue weighted by Crippen LogP contribution is 2.39. The molecule has 2 atom stereocenters. The Morgan fingerprint density at radius 2 is 1.94 bits per heavy atom. The molecule has 0 unspecified atom stereocenters. The van der Waals surface area contributed by atoms with Crippen molar-refractivity contribution in [2.24, 2.45) is 0 Å². The van der Waals surface area contributed by atoms with Crippen LogP contribution in [0.1, 0.15) is 62.1 Å². The van der Waals surface area contributed by atoms with Gasteiger partial charge in [-0.3, -0.25) is 9.89 Å². The number of nitrogens with zero attached hydrogens (tertiary/aromatic N) is 3. The molecule has 0 spiro atoms. The third-order valence-electron chi connectivity index (χ3n) is 6.76. The molecule has 2 aromatic rings. The first-order chi connectivity index (χ1) is 15.9. The highest BCUT2D eigenvalue weighted by molar-refractivity contribution is 5.91. The molecule has 2 aromatic heterocycles. The van der Waals surface area contributed by atoms with E-state index in [1.165, 1.54) is 7.11 Å². The zero-order valence-corrected chi connectivity index (χ0v) is 18.7. The number of H-pyrrole nitrogens is 1. The van der Waals surface area contributed by atoms with Gasteiger partial charge in [-0.2, -0.15) is 5.10 Å². The van der Waals surface area contributed by atoms with Gasteiger partial charge >= 0.3 is 6.09 Å². The summed E-state index contributed by atoms with van der Waals surface area (Å²) in [6.45, 7) is 0. The molecule has 4 N–H and O–H groups in total. The first-order valence-corrected chi connectivity index (χ1v) is 11.5. The number of ether oxygens (including phenoxy) is 1. The molecule has 33 heavy (non-hydrogen) atoms. The monoisotopic (exact) mass is 457 g/mol. The van der Waals surface area contributed by atoms with Crippen molar-refractivity contribution in [3.8, 4) is 5.88 Å². The molecule has 0 aromatic carbocycles. The van der Waals surface area contributed by atoms with Crippen molar-refractivity contribution in [2.45, 2.75) is 75.5 Å². The van der Waals surface area contributed by atoms with E-state index >= 15 is 0 Å². The maximum absolute atomic E-state index is 12.4. The van der Waals surface area contributed by atoms with E-state index in [2.05, 4.69) is 20.5 Å². The predicted molar refractivity (Wildman–Crippen MR) is 120 cm³/mol. The molecule has 0 saturated heterocycles. The molecule has 0 radical (unpaired) electrons. The van der Waals surface area contributed by atoms with Crippen molar-refractivity contribution in [3.63, 3.8) is 0 Å². The molecule has 2 saturated carbocycles. The topological polar surface area (TPSA) is 141 Å². The molecule has 10 nitrogen and oxygen atoms in total. The molecular weight excluding hydrogens is 426 g/mol. The van der Waals surface area contributed by atoms with Crippen LogP contribution in [0.15, 0.2) is 24.4 Å². The van der Waals surface area contributed by atoms with E-state index in [-0.39, 0.29) is 36.4 Å². The Labute approximate surface area is 192 Å². The number of carboxylic acid groups (broad SMARTS) is 1. The van der Waals surface area contributed by atoms with Gasteiger partial charge in [0.15, 0.2) is 5.82 Å². The van der Waals surface area contributed by atoms with E-state index < -0.39 is 6.09 Å². The normalized spacial score (nSPS) is 24.9. The number of methoxy groups -OCH3 is 1. The molecule has 2 fully saturated rings. The van der Waals surface area contributed by atoms with Gasteiger partial charge in [0, 0.05) is 42.0 Å². The van der Waals surface area contributed by atoms with Crippen LogP contribution >= 0.6 is 0 Å². The third-order valence-corrected chi connectivity index (χ3v) is 6.76. The van der Waals surface area contributed by atoms with Gasteiger partial charge in [-0.1, -0.05) is 0 Å². The lowest BCUT2D eigenvalue weighted by atomic mass is 9.91. The number of aliphatic hydroxyl groups excluding tert-OH is 1. The standard InChI is InChI=1S/C23H31N5O5/c1-33-22-11-14(8-9-24-22)10-21(30)25-20-13-19(26-27-20)15-2-3-17(12-15)28(23(31)32)16-4-6-18(29)7-5-16/h8-9,11,13,15-18,29H,2-7,10,12H2,1H3,(H,31,32)(H2,25,26,27,30)/t15-,16-,17+,18+/m1/s1. The second-order valence-corrected chi connectivity index (χ2v) is 8.96. The number of pyridine rings is 1. The number of rotatable bonds is 7. The molecule has 2 heterocycles. The number of aliphatic hydroxyl groups is 1. The zero-order valence-electron chi connectivity index (χ0n) is 18.7. The van der Waals surface area contributed by atoms with Gasteiger partial charge in [-0.25, -0.2) is 9.78 Å². The summed E-state index contributed by atoms with van der Waals surface area (Å²) >= 11 is 0. The highest BCUT2D eigenvalue weighted by Gasteiger charge is 2.38. The smallest absolute Gasteiger partial charge is 0.407 e. The Bertz CT molecular complexity index is 972. The summed E-state index contributed by atoms with van der Waals surface area (Å²) in [7, 11) is 1.53. The summed E-state index contributed by atoms with van der Waals surface area (Å²) in [6.07, 6.45) is 5.67. The minimum Gasteiger partial charge on any atom is -0.481 e. The molecule has 0 aliphatic heterocycles. The van der Waals surface area contributed by atoms with Crippen LogP contribution in [0.5, 0.6) is 5.88 Å². The lowest BCUT2D eigenvalue weighted by Crippen LogP contribution is -2.47. The average Bonchev–Trinajstić information content (AvgIpc) is 3.45. The number of aromatic nitrogens is 3. The number of hydrogen-bond donors (Lipinski definition) is 4. The Balaban J connectivity index is 1.33. The number of carbonyl (C=O) groups is 2. The van der Waals surface area contributed by atoms with Crippen molar-refractivity contribution < 1.29 is 24.5 Å². The Kier molecular flexibility index (Phi) is 7.12. The fourth-order valence-corrected chi connectivity index (χ4v) is 5.09. The Morgan fingerprint density at radius 3 is 2.67 bits per heavy atom. The molecule has 0 bridgehead atoms. The summed E-state index contributed by atoms with van der Waals surface area (Å²) < 4.78 is 5.09. The van der Waals surface area contributed by atoms with Gasteiger partial charge < -0.3 is 25.2 Å².